The smallest absolute Gasteiger partial charge is 0.251 e. The number of nitrogens with one attached hydrogen (secondary N) is 2. The fourth-order valence-electron chi connectivity index (χ4n) is 2.87. The monoisotopic (exact) mass is 477 g/mol. The molecule has 1 amide bonds. The van der Waals surface area contributed by atoms with Crippen LogP contribution in [0.5, 0.6) is 0 Å². The van der Waals surface area contributed by atoms with Crippen LogP contribution in [0.4, 0.5) is 5.69 Å². The van der Waals surface area contributed by atoms with Crippen molar-refractivity contribution >= 4 is 44.8 Å². The standard InChI is InChI=1S/C22H21Cl2N3O3S/c23-20-5-1-4-17(21(20)24)11-14-31(29,30)27-19-8-6-18(7-9-19)22(28)26-13-10-16-3-2-12-25-15-16/h1-9,12,15,27H,10-11,13-14H2,(H,26,28). The first-order valence-electron chi connectivity index (χ1n) is 9.54. The van der Waals surface area contributed by atoms with Crippen LogP contribution in [-0.2, 0) is 22.9 Å². The maximum Gasteiger partial charge on any atom is 0.251 e. The average molecular weight is 478 g/mol. The summed E-state index contributed by atoms with van der Waals surface area (Å²) in [6.07, 6.45) is 4.36. The molecule has 0 saturated heterocycles. The van der Waals surface area contributed by atoms with Crippen molar-refractivity contribution in [2.45, 2.75) is 12.8 Å². The highest BCUT2D eigenvalue weighted by molar-refractivity contribution is 7.92. The van der Waals surface area contributed by atoms with Crippen molar-refractivity contribution in [3.8, 4) is 0 Å². The lowest BCUT2D eigenvalue weighted by molar-refractivity contribution is 0.0954. The number of carbonyl (C=O) groups excluding carboxylic acids is 1. The van der Waals surface area contributed by atoms with Crippen LogP contribution in [0.15, 0.2) is 67.0 Å². The minimum atomic E-state index is -3.60. The fourth-order valence-corrected chi connectivity index (χ4v) is 4.38. The first-order valence-corrected chi connectivity index (χ1v) is 12.0. The summed E-state index contributed by atoms with van der Waals surface area (Å²) in [4.78, 5) is 16.3. The van der Waals surface area contributed by atoms with Crippen LogP contribution in [0.25, 0.3) is 0 Å². The lowest BCUT2D eigenvalue weighted by atomic mass is 10.2. The number of anilines is 1. The Morgan fingerprint density at radius 2 is 1.74 bits per heavy atom. The van der Waals surface area contributed by atoms with Crippen molar-refractivity contribution in [3.05, 3.63) is 93.7 Å². The number of amides is 1. The average Bonchev–Trinajstić information content (AvgIpc) is 2.76. The molecule has 6 nitrogen and oxygen atoms in total. The molecule has 1 aromatic heterocycles. The van der Waals surface area contributed by atoms with Crippen molar-refractivity contribution in [1.29, 1.82) is 0 Å². The van der Waals surface area contributed by atoms with Gasteiger partial charge in [0, 0.05) is 30.2 Å². The van der Waals surface area contributed by atoms with Crippen LogP contribution in [0.3, 0.4) is 0 Å². The summed E-state index contributed by atoms with van der Waals surface area (Å²) in [6, 6.07) is 15.2. The Kier molecular flexibility index (Phi) is 7.90. The predicted molar refractivity (Wildman–Crippen MR) is 124 cm³/mol. The normalized spacial score (nSPS) is 11.2. The van der Waals surface area contributed by atoms with Crippen molar-refractivity contribution in [2.75, 3.05) is 17.0 Å². The highest BCUT2D eigenvalue weighted by Gasteiger charge is 2.14. The first-order chi connectivity index (χ1) is 14.8. The topological polar surface area (TPSA) is 88.2 Å². The van der Waals surface area contributed by atoms with Gasteiger partial charge in [-0.15, -0.1) is 0 Å². The number of sulfonamides is 1. The summed E-state index contributed by atoms with van der Waals surface area (Å²) < 4.78 is 27.3. The van der Waals surface area contributed by atoms with Gasteiger partial charge in [-0.25, -0.2) is 8.42 Å². The molecule has 0 atom stereocenters. The van der Waals surface area contributed by atoms with Gasteiger partial charge in [-0.3, -0.25) is 14.5 Å². The van der Waals surface area contributed by atoms with Gasteiger partial charge in [0.2, 0.25) is 10.0 Å². The predicted octanol–water partition coefficient (Wildman–Crippen LogP) is 4.35. The zero-order valence-electron chi connectivity index (χ0n) is 16.5. The Balaban J connectivity index is 1.51. The van der Waals surface area contributed by atoms with Crippen molar-refractivity contribution in [1.82, 2.24) is 10.3 Å². The van der Waals surface area contributed by atoms with Gasteiger partial charge in [-0.1, -0.05) is 41.4 Å². The molecule has 0 spiro atoms. The quantitative estimate of drug-likeness (QED) is 0.479. The molecular weight excluding hydrogens is 457 g/mol. The molecule has 0 fully saturated rings. The van der Waals surface area contributed by atoms with Crippen molar-refractivity contribution in [2.24, 2.45) is 0 Å². The molecule has 2 aromatic carbocycles. The van der Waals surface area contributed by atoms with E-state index in [2.05, 4.69) is 15.0 Å². The Labute approximate surface area is 191 Å². The molecule has 0 bridgehead atoms. The third kappa shape index (κ3) is 6.95. The molecule has 1 heterocycles. The van der Waals surface area contributed by atoms with Crippen LogP contribution in [-0.4, -0.2) is 31.6 Å². The van der Waals surface area contributed by atoms with E-state index in [0.29, 0.717) is 39.8 Å². The molecule has 0 unspecified atom stereocenters. The number of pyridine rings is 1. The Morgan fingerprint density at radius 1 is 0.968 bits per heavy atom. The highest BCUT2D eigenvalue weighted by Crippen LogP contribution is 2.26. The van der Waals surface area contributed by atoms with Gasteiger partial charge >= 0.3 is 0 Å². The second-order valence-corrected chi connectivity index (χ2v) is 9.46. The fraction of sp³-hybridized carbons (Fsp3) is 0.182. The third-order valence-electron chi connectivity index (χ3n) is 4.51. The Hall–Kier alpha value is -2.61. The van der Waals surface area contributed by atoms with E-state index in [9.17, 15) is 13.2 Å². The first kappa shape index (κ1) is 23.1. The Bertz CT molecular complexity index is 1140. The maximum absolute atomic E-state index is 12.4. The maximum atomic E-state index is 12.4. The summed E-state index contributed by atoms with van der Waals surface area (Å²) >= 11 is 12.1. The summed E-state index contributed by atoms with van der Waals surface area (Å²) in [7, 11) is -3.60. The number of rotatable bonds is 9. The van der Waals surface area contributed by atoms with E-state index < -0.39 is 10.0 Å². The lowest BCUT2D eigenvalue weighted by Crippen LogP contribution is -2.25. The van der Waals surface area contributed by atoms with Crippen molar-refractivity contribution < 1.29 is 13.2 Å². The molecule has 3 rings (SSSR count). The molecule has 3 aromatic rings. The molecule has 0 radical (unpaired) electrons. The third-order valence-corrected chi connectivity index (χ3v) is 6.66. The van der Waals surface area contributed by atoms with E-state index in [-0.39, 0.29) is 18.1 Å². The van der Waals surface area contributed by atoms with Gasteiger partial charge < -0.3 is 5.32 Å². The van der Waals surface area contributed by atoms with Gasteiger partial charge in [0.1, 0.15) is 0 Å². The lowest BCUT2D eigenvalue weighted by Gasteiger charge is -2.10. The molecule has 0 aliphatic rings. The van der Waals surface area contributed by atoms with E-state index >= 15 is 0 Å². The molecule has 2 N–H and O–H groups in total. The molecule has 31 heavy (non-hydrogen) atoms. The summed E-state index contributed by atoms with van der Waals surface area (Å²) in [5.74, 6) is -0.377. The molecule has 9 heteroatoms. The number of aryl methyl sites for hydroxylation is 1. The summed E-state index contributed by atoms with van der Waals surface area (Å²) in [6.45, 7) is 0.477. The van der Waals surface area contributed by atoms with E-state index in [1.165, 1.54) is 0 Å². The SMILES string of the molecule is O=C(NCCc1cccnc1)c1ccc(NS(=O)(=O)CCc2cccc(Cl)c2Cl)cc1. The van der Waals surface area contributed by atoms with E-state index in [1.807, 2.05) is 12.1 Å². The Morgan fingerprint density at radius 3 is 2.45 bits per heavy atom. The van der Waals surface area contributed by atoms with Crippen LogP contribution >= 0.6 is 23.2 Å². The largest absolute Gasteiger partial charge is 0.352 e. The second kappa shape index (κ2) is 10.6. The van der Waals surface area contributed by atoms with E-state index in [4.69, 9.17) is 23.2 Å². The number of nitrogens with zero attached hydrogens (tertiary/aromatic N) is 1. The zero-order valence-corrected chi connectivity index (χ0v) is 18.8. The number of benzene rings is 2. The summed E-state index contributed by atoms with van der Waals surface area (Å²) in [5, 5.41) is 3.58. The number of aromatic nitrogens is 1. The van der Waals surface area contributed by atoms with E-state index in [1.54, 1.807) is 54.9 Å². The van der Waals surface area contributed by atoms with Gasteiger partial charge in [-0.05, 0) is 60.4 Å². The molecular formula is C22H21Cl2N3O3S. The number of halogens is 2. The van der Waals surface area contributed by atoms with Crippen LogP contribution in [0, 0.1) is 0 Å². The van der Waals surface area contributed by atoms with Crippen LogP contribution in [0.2, 0.25) is 10.0 Å². The van der Waals surface area contributed by atoms with Gasteiger partial charge in [-0.2, -0.15) is 0 Å². The number of hydrogen-bond donors (Lipinski definition) is 2. The second-order valence-electron chi connectivity index (χ2n) is 6.83. The molecule has 0 saturated carbocycles. The molecule has 0 aliphatic carbocycles. The molecule has 0 aliphatic heterocycles. The van der Waals surface area contributed by atoms with Gasteiger partial charge in [0.05, 0.1) is 15.8 Å². The van der Waals surface area contributed by atoms with E-state index in [0.717, 1.165) is 5.56 Å². The van der Waals surface area contributed by atoms with Crippen LogP contribution in [0.1, 0.15) is 21.5 Å². The van der Waals surface area contributed by atoms with Crippen LogP contribution < -0.4 is 10.0 Å². The summed E-state index contributed by atoms with van der Waals surface area (Å²) in [5.41, 5.74) is 2.52. The minimum absolute atomic E-state index is 0.149. The minimum Gasteiger partial charge on any atom is -0.352 e. The number of carbonyl (C=O) groups is 1. The highest BCUT2D eigenvalue weighted by atomic mass is 35.5. The van der Waals surface area contributed by atoms with Gasteiger partial charge in [0.25, 0.3) is 5.91 Å². The van der Waals surface area contributed by atoms with Gasteiger partial charge in [0.15, 0.2) is 0 Å². The molecule has 162 valence electrons. The number of hydrogen-bond acceptors (Lipinski definition) is 4. The van der Waals surface area contributed by atoms with Crippen molar-refractivity contribution in [3.63, 3.8) is 0 Å². The zero-order chi connectivity index (χ0) is 22.3.